The number of esters is 1. The van der Waals surface area contributed by atoms with E-state index in [4.69, 9.17) is 14.2 Å². The first-order valence-electron chi connectivity index (χ1n) is 10.9. The van der Waals surface area contributed by atoms with Crippen molar-refractivity contribution in [2.24, 2.45) is 0 Å². The van der Waals surface area contributed by atoms with Crippen LogP contribution in [0.4, 0.5) is 16.8 Å². The van der Waals surface area contributed by atoms with Gasteiger partial charge in [0.15, 0.2) is 11.4 Å². The lowest BCUT2D eigenvalue weighted by Crippen LogP contribution is -2.47. The number of aromatic nitrogens is 3. The quantitative estimate of drug-likeness (QED) is 0.394. The summed E-state index contributed by atoms with van der Waals surface area (Å²) in [5.41, 5.74) is 0. The van der Waals surface area contributed by atoms with Gasteiger partial charge in [0.1, 0.15) is 22.3 Å². The molecular weight excluding hydrogens is 432 g/mol. The number of carbonyl (C=O) groups excluding carboxylic acids is 1. The maximum Gasteiger partial charge on any atom is 0.350 e. The van der Waals surface area contributed by atoms with E-state index in [0.717, 1.165) is 38.5 Å². The summed E-state index contributed by atoms with van der Waals surface area (Å²) in [6, 6.07) is 1.92. The van der Waals surface area contributed by atoms with Gasteiger partial charge in [-0.1, -0.05) is 11.3 Å². The number of ether oxygens (including phenoxy) is 3. The molecular formula is C21H32N6O4S. The smallest absolute Gasteiger partial charge is 0.350 e. The van der Waals surface area contributed by atoms with Crippen molar-refractivity contribution in [2.75, 3.05) is 62.8 Å². The number of carbonyl (C=O) groups is 1. The molecule has 0 radical (unpaired) electrons. The van der Waals surface area contributed by atoms with Gasteiger partial charge in [0.2, 0.25) is 0 Å². The second-order valence-electron chi connectivity index (χ2n) is 7.26. The number of nitrogens with zero attached hydrogens (tertiary/aromatic N) is 5. The molecule has 0 aromatic carbocycles. The highest BCUT2D eigenvalue weighted by Gasteiger charge is 2.19. The van der Waals surface area contributed by atoms with E-state index in [1.807, 2.05) is 26.8 Å². The molecule has 1 aliphatic rings. The largest absolute Gasteiger partial charge is 0.462 e. The van der Waals surface area contributed by atoms with Gasteiger partial charge in [-0.25, -0.2) is 19.7 Å². The van der Waals surface area contributed by atoms with Crippen LogP contribution in [0.15, 0.2) is 12.3 Å². The Balaban J connectivity index is 1.53. The highest BCUT2D eigenvalue weighted by molar-refractivity contribution is 7.17. The first-order chi connectivity index (χ1) is 15.5. The first kappa shape index (κ1) is 24.3. The number of hydrogen-bond acceptors (Lipinski definition) is 11. The number of thiazole rings is 1. The van der Waals surface area contributed by atoms with Crippen LogP contribution < -0.4 is 10.2 Å². The third-order valence-corrected chi connectivity index (χ3v) is 5.79. The number of rotatable bonds is 11. The standard InChI is InChI=1S/C21H32N6O4S/c1-5-29-16(4)31-12-11-26-7-9-27(10-8-26)19-13-18(23-15(3)24-19)25-21-22-14-17(32-21)20(28)30-6-2/h13-14,16H,5-12H2,1-4H3,(H,22,23,24,25). The topological polar surface area (TPSA) is 102 Å². The van der Waals surface area contributed by atoms with Crippen molar-refractivity contribution in [3.05, 3.63) is 23.0 Å². The number of hydrogen-bond donors (Lipinski definition) is 1. The zero-order valence-electron chi connectivity index (χ0n) is 19.2. The van der Waals surface area contributed by atoms with Crippen molar-refractivity contribution < 1.29 is 19.0 Å². The fraction of sp³-hybridized carbons (Fsp3) is 0.619. The molecule has 1 atom stereocenters. The van der Waals surface area contributed by atoms with Crippen LogP contribution in [0, 0.1) is 6.92 Å². The second-order valence-corrected chi connectivity index (χ2v) is 8.29. The summed E-state index contributed by atoms with van der Waals surface area (Å²) in [5, 5.41) is 3.77. The van der Waals surface area contributed by atoms with Gasteiger partial charge < -0.3 is 24.4 Å². The Morgan fingerprint density at radius 3 is 2.69 bits per heavy atom. The summed E-state index contributed by atoms with van der Waals surface area (Å²) in [6.07, 6.45) is 1.35. The zero-order chi connectivity index (χ0) is 22.9. The molecule has 2 aromatic rings. The Hall–Kier alpha value is -2.34. The highest BCUT2D eigenvalue weighted by Crippen LogP contribution is 2.24. The molecule has 176 valence electrons. The van der Waals surface area contributed by atoms with Crippen molar-refractivity contribution in [1.29, 1.82) is 0 Å². The first-order valence-corrected chi connectivity index (χ1v) is 11.8. The minimum Gasteiger partial charge on any atom is -0.462 e. The molecule has 1 saturated heterocycles. The average Bonchev–Trinajstić information content (AvgIpc) is 3.23. The molecule has 1 N–H and O–H groups in total. The summed E-state index contributed by atoms with van der Waals surface area (Å²) in [7, 11) is 0. The lowest BCUT2D eigenvalue weighted by Gasteiger charge is -2.35. The van der Waals surface area contributed by atoms with Crippen LogP contribution in [0.1, 0.15) is 36.3 Å². The van der Waals surface area contributed by atoms with Gasteiger partial charge in [-0.3, -0.25) is 4.90 Å². The Morgan fingerprint density at radius 1 is 1.19 bits per heavy atom. The van der Waals surface area contributed by atoms with E-state index in [0.29, 0.717) is 41.5 Å². The molecule has 0 saturated carbocycles. The molecule has 3 rings (SSSR count). The van der Waals surface area contributed by atoms with Gasteiger partial charge >= 0.3 is 5.97 Å². The number of anilines is 3. The third kappa shape index (κ3) is 7.09. The molecule has 1 fully saturated rings. The van der Waals surface area contributed by atoms with Crippen LogP contribution in [-0.4, -0.2) is 84.7 Å². The SMILES string of the molecule is CCOC(=O)c1cnc(Nc2cc(N3CCN(CCOC(C)OCC)CC3)nc(C)n2)s1. The van der Waals surface area contributed by atoms with Crippen LogP contribution in [0.2, 0.25) is 0 Å². The predicted molar refractivity (Wildman–Crippen MR) is 124 cm³/mol. The van der Waals surface area contributed by atoms with Crippen molar-refractivity contribution in [2.45, 2.75) is 34.0 Å². The molecule has 1 unspecified atom stereocenters. The van der Waals surface area contributed by atoms with Crippen molar-refractivity contribution >= 4 is 34.1 Å². The van der Waals surface area contributed by atoms with Gasteiger partial charge in [-0.2, -0.15) is 0 Å². The van der Waals surface area contributed by atoms with Crippen molar-refractivity contribution in [3.8, 4) is 0 Å². The Morgan fingerprint density at radius 2 is 1.97 bits per heavy atom. The van der Waals surface area contributed by atoms with E-state index in [1.54, 1.807) is 6.92 Å². The maximum absolute atomic E-state index is 11.9. The monoisotopic (exact) mass is 464 g/mol. The minimum atomic E-state index is -0.367. The normalized spacial score (nSPS) is 15.6. The zero-order valence-corrected chi connectivity index (χ0v) is 20.0. The van der Waals surface area contributed by atoms with Gasteiger partial charge in [-0.05, 0) is 27.7 Å². The van der Waals surface area contributed by atoms with Crippen LogP contribution in [-0.2, 0) is 14.2 Å². The van der Waals surface area contributed by atoms with E-state index < -0.39 is 0 Å². The van der Waals surface area contributed by atoms with E-state index in [-0.39, 0.29) is 12.3 Å². The van der Waals surface area contributed by atoms with E-state index in [1.165, 1.54) is 17.5 Å². The fourth-order valence-electron chi connectivity index (χ4n) is 3.35. The van der Waals surface area contributed by atoms with Crippen LogP contribution >= 0.6 is 11.3 Å². The Kier molecular flexibility index (Phi) is 9.15. The van der Waals surface area contributed by atoms with E-state index in [9.17, 15) is 4.79 Å². The summed E-state index contributed by atoms with van der Waals surface area (Å²) >= 11 is 1.24. The van der Waals surface area contributed by atoms with Crippen molar-refractivity contribution in [3.63, 3.8) is 0 Å². The second kappa shape index (κ2) is 12.0. The van der Waals surface area contributed by atoms with Crippen LogP contribution in [0.3, 0.4) is 0 Å². The van der Waals surface area contributed by atoms with Gasteiger partial charge in [0.25, 0.3) is 0 Å². The van der Waals surface area contributed by atoms with Crippen LogP contribution in [0.5, 0.6) is 0 Å². The molecule has 32 heavy (non-hydrogen) atoms. The van der Waals surface area contributed by atoms with Crippen LogP contribution in [0.25, 0.3) is 0 Å². The number of nitrogens with one attached hydrogen (secondary N) is 1. The molecule has 0 aliphatic carbocycles. The Labute approximate surface area is 192 Å². The number of piperazine rings is 1. The maximum atomic E-state index is 11.9. The summed E-state index contributed by atoms with van der Waals surface area (Å²) in [5.74, 6) is 1.84. The average molecular weight is 465 g/mol. The summed E-state index contributed by atoms with van der Waals surface area (Å²) in [6.45, 7) is 13.7. The lowest BCUT2D eigenvalue weighted by atomic mass is 10.3. The molecule has 0 spiro atoms. The highest BCUT2D eigenvalue weighted by atomic mass is 32.1. The molecule has 1 aliphatic heterocycles. The van der Waals surface area contributed by atoms with Gasteiger partial charge in [0, 0.05) is 45.4 Å². The lowest BCUT2D eigenvalue weighted by molar-refractivity contribution is -0.129. The van der Waals surface area contributed by atoms with E-state index in [2.05, 4.69) is 30.1 Å². The molecule has 2 aromatic heterocycles. The molecule has 0 amide bonds. The molecule has 3 heterocycles. The predicted octanol–water partition coefficient (Wildman–Crippen LogP) is 2.68. The molecule has 11 heteroatoms. The Bertz CT molecular complexity index is 872. The van der Waals surface area contributed by atoms with Gasteiger partial charge in [-0.15, -0.1) is 0 Å². The van der Waals surface area contributed by atoms with Gasteiger partial charge in [0.05, 0.1) is 19.4 Å². The third-order valence-electron chi connectivity index (χ3n) is 4.90. The fourth-order valence-corrected chi connectivity index (χ4v) is 4.06. The summed E-state index contributed by atoms with van der Waals surface area (Å²) < 4.78 is 16.1. The minimum absolute atomic E-state index is 0.164. The molecule has 0 bridgehead atoms. The van der Waals surface area contributed by atoms with E-state index >= 15 is 0 Å². The molecule has 10 nitrogen and oxygen atoms in total. The van der Waals surface area contributed by atoms with Crippen molar-refractivity contribution in [1.82, 2.24) is 19.9 Å². The number of aryl methyl sites for hydroxylation is 1. The summed E-state index contributed by atoms with van der Waals surface area (Å²) in [4.78, 5) is 30.3.